The van der Waals surface area contributed by atoms with Gasteiger partial charge < -0.3 is 19.5 Å². The number of benzene rings is 2. The second kappa shape index (κ2) is 10.5. The summed E-state index contributed by atoms with van der Waals surface area (Å²) < 4.78 is 15.7. The maximum Gasteiger partial charge on any atom is 0.331 e. The molecule has 30 heavy (non-hydrogen) atoms. The first kappa shape index (κ1) is 23.0. The SMILES string of the molecule is COc1ccc(/C=C/C(=O)O[C@@H](C)C(=O)Nc2c(C)cccc2C(C)C)c(OC)c1. The third kappa shape index (κ3) is 5.86. The number of aryl methyl sites for hydroxylation is 1. The molecular formula is C24H29NO5. The number of anilines is 1. The van der Waals surface area contributed by atoms with Crippen LogP contribution in [0.2, 0.25) is 0 Å². The van der Waals surface area contributed by atoms with Crippen LogP contribution in [0.1, 0.15) is 43.4 Å². The van der Waals surface area contributed by atoms with Crippen LogP contribution in [0.3, 0.4) is 0 Å². The third-order valence-electron chi connectivity index (χ3n) is 4.68. The molecule has 0 unspecified atom stereocenters. The predicted octanol–water partition coefficient (Wildman–Crippen LogP) is 4.72. The van der Waals surface area contributed by atoms with Gasteiger partial charge in [-0.25, -0.2) is 4.79 Å². The second-order valence-electron chi connectivity index (χ2n) is 7.20. The number of amides is 1. The molecule has 2 aromatic rings. The van der Waals surface area contributed by atoms with Gasteiger partial charge in [-0.15, -0.1) is 0 Å². The molecule has 0 aliphatic rings. The summed E-state index contributed by atoms with van der Waals surface area (Å²) in [4.78, 5) is 24.8. The van der Waals surface area contributed by atoms with Crippen LogP contribution < -0.4 is 14.8 Å². The molecule has 0 saturated carbocycles. The lowest BCUT2D eigenvalue weighted by atomic mass is 9.98. The predicted molar refractivity (Wildman–Crippen MR) is 118 cm³/mol. The molecule has 6 nitrogen and oxygen atoms in total. The second-order valence-corrected chi connectivity index (χ2v) is 7.20. The van der Waals surface area contributed by atoms with Gasteiger partial charge in [0.25, 0.3) is 5.91 Å². The zero-order chi connectivity index (χ0) is 22.3. The molecule has 2 aromatic carbocycles. The first-order chi connectivity index (χ1) is 14.3. The van der Waals surface area contributed by atoms with E-state index in [1.807, 2.05) is 25.1 Å². The maximum absolute atomic E-state index is 12.6. The lowest BCUT2D eigenvalue weighted by Crippen LogP contribution is -2.30. The van der Waals surface area contributed by atoms with Crippen molar-refractivity contribution < 1.29 is 23.8 Å². The third-order valence-corrected chi connectivity index (χ3v) is 4.68. The van der Waals surface area contributed by atoms with Gasteiger partial charge in [0.15, 0.2) is 6.10 Å². The molecule has 6 heteroatoms. The van der Waals surface area contributed by atoms with Gasteiger partial charge in [0.05, 0.1) is 14.2 Å². The number of hydrogen-bond acceptors (Lipinski definition) is 5. The number of methoxy groups -OCH3 is 2. The van der Waals surface area contributed by atoms with E-state index in [1.54, 1.807) is 38.3 Å². The van der Waals surface area contributed by atoms with E-state index in [4.69, 9.17) is 14.2 Å². The van der Waals surface area contributed by atoms with Crippen LogP contribution in [0.25, 0.3) is 6.08 Å². The van der Waals surface area contributed by atoms with Crippen molar-refractivity contribution in [3.05, 3.63) is 59.2 Å². The van der Waals surface area contributed by atoms with Crippen molar-refractivity contribution in [3.63, 3.8) is 0 Å². The highest BCUT2D eigenvalue weighted by atomic mass is 16.5. The van der Waals surface area contributed by atoms with Crippen molar-refractivity contribution in [2.75, 3.05) is 19.5 Å². The van der Waals surface area contributed by atoms with Gasteiger partial charge in [-0.3, -0.25) is 4.79 Å². The number of para-hydroxylation sites is 1. The maximum atomic E-state index is 12.6. The van der Waals surface area contributed by atoms with E-state index in [0.717, 1.165) is 16.8 Å². The first-order valence-corrected chi connectivity index (χ1v) is 9.77. The Morgan fingerprint density at radius 3 is 2.40 bits per heavy atom. The molecule has 0 aliphatic carbocycles. The fraction of sp³-hybridized carbons (Fsp3) is 0.333. The van der Waals surface area contributed by atoms with Crippen LogP contribution in [-0.4, -0.2) is 32.2 Å². The van der Waals surface area contributed by atoms with Crippen molar-refractivity contribution in [2.45, 2.75) is 39.7 Å². The highest BCUT2D eigenvalue weighted by Crippen LogP contribution is 2.28. The number of hydrogen-bond donors (Lipinski definition) is 1. The normalized spacial score (nSPS) is 12.0. The summed E-state index contributed by atoms with van der Waals surface area (Å²) in [7, 11) is 3.10. The van der Waals surface area contributed by atoms with Gasteiger partial charge in [0, 0.05) is 23.4 Å². The van der Waals surface area contributed by atoms with Gasteiger partial charge in [0.2, 0.25) is 0 Å². The van der Waals surface area contributed by atoms with E-state index in [-0.39, 0.29) is 11.8 Å². The van der Waals surface area contributed by atoms with Crippen molar-refractivity contribution in [1.29, 1.82) is 0 Å². The Labute approximate surface area is 177 Å². The number of carbonyl (C=O) groups excluding carboxylic acids is 2. The van der Waals surface area contributed by atoms with Gasteiger partial charge in [-0.05, 0) is 49.1 Å². The molecule has 1 amide bonds. The molecule has 0 bridgehead atoms. The fourth-order valence-corrected chi connectivity index (χ4v) is 2.95. The fourth-order valence-electron chi connectivity index (χ4n) is 2.95. The quantitative estimate of drug-likeness (QED) is 0.503. The highest BCUT2D eigenvalue weighted by molar-refractivity contribution is 5.97. The average molecular weight is 411 g/mol. The minimum absolute atomic E-state index is 0.250. The smallest absolute Gasteiger partial charge is 0.331 e. The number of esters is 1. The Morgan fingerprint density at radius 1 is 1.03 bits per heavy atom. The molecule has 2 rings (SSSR count). The molecule has 0 fully saturated rings. The van der Waals surface area contributed by atoms with E-state index >= 15 is 0 Å². The molecule has 0 radical (unpaired) electrons. The molecule has 0 aromatic heterocycles. The van der Waals surface area contributed by atoms with Crippen LogP contribution >= 0.6 is 0 Å². The zero-order valence-electron chi connectivity index (χ0n) is 18.3. The standard InChI is InChI=1S/C24H29NO5/c1-15(2)20-9-7-8-16(3)23(20)25-24(27)17(4)30-22(26)13-11-18-10-12-19(28-5)14-21(18)29-6/h7-15,17H,1-6H3,(H,25,27)/b13-11+/t17-/m0/s1. The minimum atomic E-state index is -0.945. The van der Waals surface area contributed by atoms with Crippen LogP contribution in [0.4, 0.5) is 5.69 Å². The van der Waals surface area contributed by atoms with Crippen LogP contribution in [0.5, 0.6) is 11.5 Å². The lowest BCUT2D eigenvalue weighted by molar-refractivity contribution is -0.148. The largest absolute Gasteiger partial charge is 0.497 e. The summed E-state index contributed by atoms with van der Waals surface area (Å²) in [6.45, 7) is 7.60. The molecule has 1 atom stereocenters. The monoisotopic (exact) mass is 411 g/mol. The van der Waals surface area contributed by atoms with Gasteiger partial charge in [0.1, 0.15) is 11.5 Å². The van der Waals surface area contributed by atoms with Gasteiger partial charge in [-0.2, -0.15) is 0 Å². The van der Waals surface area contributed by atoms with Gasteiger partial charge >= 0.3 is 5.97 Å². The number of nitrogens with one attached hydrogen (secondary N) is 1. The minimum Gasteiger partial charge on any atom is -0.497 e. The van der Waals surface area contributed by atoms with Crippen molar-refractivity contribution >= 4 is 23.6 Å². The molecule has 0 heterocycles. The molecule has 0 spiro atoms. The molecule has 160 valence electrons. The summed E-state index contributed by atoms with van der Waals surface area (Å²) in [6, 6.07) is 11.1. The summed E-state index contributed by atoms with van der Waals surface area (Å²) in [5, 5.41) is 2.90. The molecule has 0 aliphatic heterocycles. The van der Waals surface area contributed by atoms with E-state index < -0.39 is 12.1 Å². The molecular weight excluding hydrogens is 382 g/mol. The Hall–Kier alpha value is -3.28. The van der Waals surface area contributed by atoms with Crippen LogP contribution in [-0.2, 0) is 14.3 Å². The Morgan fingerprint density at radius 2 is 1.77 bits per heavy atom. The average Bonchev–Trinajstić information content (AvgIpc) is 2.73. The van der Waals surface area contributed by atoms with E-state index in [0.29, 0.717) is 17.1 Å². The van der Waals surface area contributed by atoms with E-state index in [9.17, 15) is 9.59 Å². The van der Waals surface area contributed by atoms with Crippen molar-refractivity contribution in [2.24, 2.45) is 0 Å². The van der Waals surface area contributed by atoms with Gasteiger partial charge in [-0.1, -0.05) is 32.0 Å². The zero-order valence-corrected chi connectivity index (χ0v) is 18.3. The summed E-state index contributed by atoms with van der Waals surface area (Å²) >= 11 is 0. The summed E-state index contributed by atoms with van der Waals surface area (Å²) in [5.41, 5.74) is 3.45. The Kier molecular flexibility index (Phi) is 8.04. The Balaban J connectivity index is 2.04. The number of rotatable bonds is 8. The lowest BCUT2D eigenvalue weighted by Gasteiger charge is -2.18. The van der Waals surface area contributed by atoms with Crippen molar-refractivity contribution in [1.82, 2.24) is 0 Å². The molecule has 1 N–H and O–H groups in total. The number of carbonyl (C=O) groups is 2. The molecule has 0 saturated heterocycles. The highest BCUT2D eigenvalue weighted by Gasteiger charge is 2.19. The van der Waals surface area contributed by atoms with Crippen molar-refractivity contribution in [3.8, 4) is 11.5 Å². The van der Waals surface area contributed by atoms with Crippen LogP contribution in [0.15, 0.2) is 42.5 Å². The van der Waals surface area contributed by atoms with Crippen LogP contribution in [0, 0.1) is 6.92 Å². The first-order valence-electron chi connectivity index (χ1n) is 9.77. The number of ether oxygens (including phenoxy) is 3. The van der Waals surface area contributed by atoms with E-state index in [1.165, 1.54) is 13.2 Å². The van der Waals surface area contributed by atoms with E-state index in [2.05, 4.69) is 19.2 Å². The summed E-state index contributed by atoms with van der Waals surface area (Å²) in [6.07, 6.45) is 1.89. The topological polar surface area (TPSA) is 73.9 Å². The summed E-state index contributed by atoms with van der Waals surface area (Å²) in [5.74, 6) is 0.457. The Bertz CT molecular complexity index is 933.